The number of hydrogen-bond acceptors (Lipinski definition) is 1. The zero-order valence-electron chi connectivity index (χ0n) is 17.4. The number of benzene rings is 4. The Kier molecular flexibility index (Phi) is 5.89. The van der Waals surface area contributed by atoms with Crippen molar-refractivity contribution < 1.29 is 31.1 Å². The van der Waals surface area contributed by atoms with Gasteiger partial charge >= 0.3 is 0 Å². The van der Waals surface area contributed by atoms with Gasteiger partial charge < -0.3 is 4.74 Å². The van der Waals surface area contributed by atoms with Crippen molar-refractivity contribution in [1.82, 2.24) is 0 Å². The maximum Gasteiger partial charge on any atom is 0.202 e. The van der Waals surface area contributed by atoms with Crippen LogP contribution in [0.5, 0.6) is 11.5 Å². The Morgan fingerprint density at radius 1 is 0.515 bits per heavy atom. The van der Waals surface area contributed by atoms with Crippen LogP contribution in [0.2, 0.25) is 0 Å². The summed E-state index contributed by atoms with van der Waals surface area (Å²) in [5.74, 6) is -10.9. The van der Waals surface area contributed by atoms with Gasteiger partial charge in [0.05, 0.1) is 11.1 Å². The van der Waals surface area contributed by atoms with Crippen LogP contribution in [0.3, 0.4) is 0 Å². The number of halogens is 6. The monoisotopic (exact) mass is 458 g/mol. The fraction of sp³-hybridized carbons (Fsp3) is 0.0769. The standard InChI is InChI=1S/C26H16F6O/c1-13-7-3-5-9-15(13)21-17(27)11-19(23(29)25(21)31)33-20-12-18(28)22(26(32)24(20)30)16-10-6-4-8-14(16)2/h3-12H,1-2H3. The summed E-state index contributed by atoms with van der Waals surface area (Å²) in [7, 11) is 0. The molecular weight excluding hydrogens is 442 g/mol. The van der Waals surface area contributed by atoms with E-state index in [1.165, 1.54) is 24.3 Å². The van der Waals surface area contributed by atoms with Gasteiger partial charge in [0.2, 0.25) is 11.6 Å². The van der Waals surface area contributed by atoms with Crippen LogP contribution < -0.4 is 4.74 Å². The lowest BCUT2D eigenvalue weighted by molar-refractivity contribution is 0.377. The minimum absolute atomic E-state index is 0.115. The summed E-state index contributed by atoms with van der Waals surface area (Å²) in [5, 5.41) is 0. The zero-order valence-corrected chi connectivity index (χ0v) is 17.4. The molecule has 0 N–H and O–H groups in total. The van der Waals surface area contributed by atoms with Crippen molar-refractivity contribution in [2.24, 2.45) is 0 Å². The van der Waals surface area contributed by atoms with Crippen LogP contribution in [0.1, 0.15) is 11.1 Å². The van der Waals surface area contributed by atoms with E-state index in [1.807, 2.05) is 0 Å². The van der Waals surface area contributed by atoms with Crippen molar-refractivity contribution in [3.8, 4) is 33.8 Å². The lowest BCUT2D eigenvalue weighted by Gasteiger charge is -2.15. The molecule has 0 amide bonds. The summed E-state index contributed by atoms with van der Waals surface area (Å²) >= 11 is 0. The molecule has 0 aliphatic rings. The maximum atomic E-state index is 14.7. The molecule has 0 atom stereocenters. The summed E-state index contributed by atoms with van der Waals surface area (Å²) in [5.41, 5.74) is -0.0559. The highest BCUT2D eigenvalue weighted by atomic mass is 19.2. The zero-order chi connectivity index (χ0) is 23.9. The molecule has 1 nitrogen and oxygen atoms in total. The maximum absolute atomic E-state index is 14.7. The van der Waals surface area contributed by atoms with Gasteiger partial charge in [0.15, 0.2) is 23.1 Å². The van der Waals surface area contributed by atoms with E-state index in [4.69, 9.17) is 4.74 Å². The topological polar surface area (TPSA) is 9.23 Å². The fourth-order valence-corrected chi connectivity index (χ4v) is 3.61. The quantitative estimate of drug-likeness (QED) is 0.221. The third-order valence-corrected chi connectivity index (χ3v) is 5.30. The normalized spacial score (nSPS) is 11.0. The Morgan fingerprint density at radius 2 is 0.879 bits per heavy atom. The van der Waals surface area contributed by atoms with Gasteiger partial charge in [-0.2, -0.15) is 8.78 Å². The molecule has 4 aromatic carbocycles. The Morgan fingerprint density at radius 3 is 1.24 bits per heavy atom. The van der Waals surface area contributed by atoms with Crippen molar-refractivity contribution in [2.75, 3.05) is 0 Å². The van der Waals surface area contributed by atoms with E-state index < -0.39 is 57.5 Å². The summed E-state index contributed by atoms with van der Waals surface area (Å²) in [6, 6.07) is 13.4. The lowest BCUT2D eigenvalue weighted by atomic mass is 9.99. The molecule has 0 unspecified atom stereocenters. The second-order valence-electron chi connectivity index (χ2n) is 7.45. The molecule has 0 bridgehead atoms. The minimum Gasteiger partial charge on any atom is -0.451 e. The van der Waals surface area contributed by atoms with Crippen molar-refractivity contribution in [3.63, 3.8) is 0 Å². The highest BCUT2D eigenvalue weighted by Gasteiger charge is 2.26. The van der Waals surface area contributed by atoms with E-state index >= 15 is 0 Å². The Balaban J connectivity index is 1.79. The first-order valence-corrected chi connectivity index (χ1v) is 9.85. The lowest BCUT2D eigenvalue weighted by Crippen LogP contribution is -2.03. The van der Waals surface area contributed by atoms with Crippen LogP contribution >= 0.6 is 0 Å². The molecule has 0 radical (unpaired) electrons. The molecule has 0 heterocycles. The molecule has 4 rings (SSSR count). The molecule has 0 aliphatic heterocycles. The molecule has 0 aromatic heterocycles. The summed E-state index contributed by atoms with van der Waals surface area (Å²) in [6.45, 7) is 3.18. The predicted molar refractivity (Wildman–Crippen MR) is 113 cm³/mol. The van der Waals surface area contributed by atoms with Gasteiger partial charge in [0.25, 0.3) is 0 Å². The Hall–Kier alpha value is -3.74. The van der Waals surface area contributed by atoms with Crippen molar-refractivity contribution in [2.45, 2.75) is 13.8 Å². The van der Waals surface area contributed by atoms with Gasteiger partial charge in [-0.3, -0.25) is 0 Å². The molecule has 0 spiro atoms. The smallest absolute Gasteiger partial charge is 0.202 e. The van der Waals surface area contributed by atoms with Gasteiger partial charge in [0, 0.05) is 12.1 Å². The van der Waals surface area contributed by atoms with Crippen molar-refractivity contribution in [3.05, 3.63) is 107 Å². The summed E-state index contributed by atoms with van der Waals surface area (Å²) in [6.07, 6.45) is 0. The van der Waals surface area contributed by atoms with E-state index in [9.17, 15) is 26.3 Å². The van der Waals surface area contributed by atoms with E-state index in [0.717, 1.165) is 0 Å². The summed E-state index contributed by atoms with van der Waals surface area (Å²) < 4.78 is 93.2. The SMILES string of the molecule is Cc1ccccc1-c1c(F)cc(Oc2cc(F)c(-c3ccccc3C)c(F)c2F)c(F)c1F. The predicted octanol–water partition coefficient (Wildman–Crippen LogP) is 8.26. The van der Waals surface area contributed by atoms with E-state index in [0.29, 0.717) is 23.3 Å². The fourth-order valence-electron chi connectivity index (χ4n) is 3.61. The van der Waals surface area contributed by atoms with Crippen LogP contribution in [-0.2, 0) is 0 Å². The van der Waals surface area contributed by atoms with E-state index in [2.05, 4.69) is 0 Å². The molecule has 0 aliphatic carbocycles. The third-order valence-electron chi connectivity index (χ3n) is 5.30. The molecule has 168 valence electrons. The van der Waals surface area contributed by atoms with Crippen LogP contribution in [0, 0.1) is 48.8 Å². The van der Waals surface area contributed by atoms with E-state index in [1.54, 1.807) is 38.1 Å². The largest absolute Gasteiger partial charge is 0.451 e. The first-order valence-electron chi connectivity index (χ1n) is 9.85. The minimum atomic E-state index is -1.63. The van der Waals surface area contributed by atoms with Crippen LogP contribution in [0.15, 0.2) is 60.7 Å². The molecule has 7 heteroatoms. The number of ether oxygens (including phenoxy) is 1. The van der Waals surface area contributed by atoms with Crippen molar-refractivity contribution in [1.29, 1.82) is 0 Å². The first kappa shape index (κ1) is 22.5. The molecule has 33 heavy (non-hydrogen) atoms. The highest BCUT2D eigenvalue weighted by molar-refractivity contribution is 5.71. The second-order valence-corrected chi connectivity index (χ2v) is 7.45. The first-order chi connectivity index (χ1) is 15.7. The second kappa shape index (κ2) is 8.65. The molecule has 0 fully saturated rings. The number of aryl methyl sites for hydroxylation is 2. The van der Waals surface area contributed by atoms with Gasteiger partial charge in [-0.25, -0.2) is 17.6 Å². The average molecular weight is 458 g/mol. The van der Waals surface area contributed by atoms with Gasteiger partial charge in [-0.1, -0.05) is 48.5 Å². The van der Waals surface area contributed by atoms with Crippen molar-refractivity contribution >= 4 is 0 Å². The van der Waals surface area contributed by atoms with E-state index in [-0.39, 0.29) is 11.1 Å². The molecule has 0 saturated heterocycles. The van der Waals surface area contributed by atoms with Gasteiger partial charge in [-0.05, 0) is 36.1 Å². The Bertz CT molecular complexity index is 1280. The van der Waals surface area contributed by atoms with Gasteiger partial charge in [-0.15, -0.1) is 0 Å². The third kappa shape index (κ3) is 3.95. The van der Waals surface area contributed by atoms with Crippen LogP contribution in [0.4, 0.5) is 26.3 Å². The summed E-state index contributed by atoms with van der Waals surface area (Å²) in [4.78, 5) is 0. The van der Waals surface area contributed by atoms with Crippen LogP contribution in [0.25, 0.3) is 22.3 Å². The van der Waals surface area contributed by atoms with Crippen LogP contribution in [-0.4, -0.2) is 0 Å². The average Bonchev–Trinajstić information content (AvgIpc) is 2.78. The van der Waals surface area contributed by atoms with Gasteiger partial charge in [0.1, 0.15) is 11.6 Å². The number of rotatable bonds is 4. The highest BCUT2D eigenvalue weighted by Crippen LogP contribution is 2.39. The number of hydrogen-bond donors (Lipinski definition) is 0. The molecule has 4 aromatic rings. The Labute approximate surface area is 185 Å². The molecule has 0 saturated carbocycles. The molecular formula is C26H16F6O.